The average Bonchev–Trinajstić information content (AvgIpc) is 3.35. The fourth-order valence-electron chi connectivity index (χ4n) is 3.93. The molecule has 43 heavy (non-hydrogen) atoms. The molecular formula is C25H25F7N4O7. The maximum atomic E-state index is 13.0. The van der Waals surface area contributed by atoms with Crippen molar-refractivity contribution in [3.63, 3.8) is 0 Å². The highest BCUT2D eigenvalue weighted by atomic mass is 19.4. The van der Waals surface area contributed by atoms with Gasteiger partial charge in [0.15, 0.2) is 0 Å². The number of anilines is 1. The highest BCUT2D eigenvalue weighted by molar-refractivity contribution is 5.94. The van der Waals surface area contributed by atoms with E-state index in [1.807, 2.05) is 13.0 Å². The summed E-state index contributed by atoms with van der Waals surface area (Å²) in [6.45, 7) is 2.92. The van der Waals surface area contributed by atoms with Gasteiger partial charge in [-0.3, -0.25) is 19.6 Å². The molecule has 4 rings (SSSR count). The van der Waals surface area contributed by atoms with E-state index in [1.54, 1.807) is 17.2 Å². The Kier molecular flexibility index (Phi) is 11.9. The second kappa shape index (κ2) is 14.7. The molecule has 0 aromatic carbocycles. The van der Waals surface area contributed by atoms with Crippen molar-refractivity contribution in [3.8, 4) is 0 Å². The molecule has 1 unspecified atom stereocenters. The third-order valence-electron chi connectivity index (χ3n) is 6.07. The van der Waals surface area contributed by atoms with Crippen molar-refractivity contribution in [3.05, 3.63) is 53.9 Å². The highest BCUT2D eigenvalue weighted by Crippen LogP contribution is 2.34. The largest absolute Gasteiger partial charge is 0.490 e. The number of amides is 2. The van der Waals surface area contributed by atoms with Gasteiger partial charge in [-0.05, 0) is 49.9 Å². The maximum Gasteiger partial charge on any atom is 0.490 e. The zero-order chi connectivity index (χ0) is 32.5. The van der Waals surface area contributed by atoms with Crippen molar-refractivity contribution in [1.82, 2.24) is 14.9 Å². The Labute approximate surface area is 238 Å². The van der Waals surface area contributed by atoms with Crippen LogP contribution in [0.25, 0.3) is 0 Å². The Bertz CT molecular complexity index is 1270. The fourth-order valence-corrected chi connectivity index (χ4v) is 3.93. The van der Waals surface area contributed by atoms with Gasteiger partial charge in [0.05, 0.1) is 30.1 Å². The topological polar surface area (TPSA) is 159 Å². The summed E-state index contributed by atoms with van der Waals surface area (Å²) in [5.41, 5.74) is 1.97. The van der Waals surface area contributed by atoms with Gasteiger partial charge < -0.3 is 25.2 Å². The highest BCUT2D eigenvalue weighted by Gasteiger charge is 2.43. The molecule has 2 fully saturated rings. The molecule has 3 atom stereocenters. The second-order valence-corrected chi connectivity index (χ2v) is 9.16. The normalized spacial score (nSPS) is 19.5. The summed E-state index contributed by atoms with van der Waals surface area (Å²) in [4.78, 5) is 52.9. The third-order valence-corrected chi connectivity index (χ3v) is 6.07. The zero-order valence-electron chi connectivity index (χ0n) is 22.2. The summed E-state index contributed by atoms with van der Waals surface area (Å²) in [5.74, 6) is -5.92. The molecule has 0 spiro atoms. The smallest absolute Gasteiger partial charge is 0.475 e. The first kappa shape index (κ1) is 34.8. The van der Waals surface area contributed by atoms with Crippen LogP contribution in [0.1, 0.15) is 24.2 Å². The molecule has 11 nitrogen and oxygen atoms in total. The van der Waals surface area contributed by atoms with Gasteiger partial charge in [-0.15, -0.1) is 0 Å². The lowest BCUT2D eigenvalue weighted by molar-refractivity contribution is -0.193. The summed E-state index contributed by atoms with van der Waals surface area (Å²) in [6.07, 6.45) is -6.48. The number of hydrogen-bond donors (Lipinski definition) is 3. The Balaban J connectivity index is 0.000000384. The number of halogens is 7. The lowest BCUT2D eigenvalue weighted by atomic mass is 9.91. The first-order valence-corrected chi connectivity index (χ1v) is 12.2. The summed E-state index contributed by atoms with van der Waals surface area (Å²) in [6, 6.07) is 6.41. The first-order valence-electron chi connectivity index (χ1n) is 12.2. The van der Waals surface area contributed by atoms with E-state index in [4.69, 9.17) is 24.5 Å². The van der Waals surface area contributed by atoms with Crippen LogP contribution in [0.5, 0.6) is 0 Å². The summed E-state index contributed by atoms with van der Waals surface area (Å²) in [5, 5.41) is 17.1. The number of nitrogens with zero attached hydrogens (tertiary/aromatic N) is 3. The van der Waals surface area contributed by atoms with E-state index in [0.717, 1.165) is 18.3 Å². The minimum absolute atomic E-state index is 0.0648. The number of aliphatic carboxylic acids is 2. The summed E-state index contributed by atoms with van der Waals surface area (Å²) in [7, 11) is 0. The molecule has 0 bridgehead atoms. The number of ether oxygens (including phenoxy) is 1. The molecule has 2 aromatic heterocycles. The predicted molar refractivity (Wildman–Crippen MR) is 131 cm³/mol. The van der Waals surface area contributed by atoms with Crippen molar-refractivity contribution >= 4 is 29.4 Å². The number of carbonyl (C=O) groups excluding carboxylic acids is 2. The number of likely N-dealkylation sites (tertiary alicyclic amines) is 1. The number of piperidine rings is 1. The van der Waals surface area contributed by atoms with Gasteiger partial charge in [0.1, 0.15) is 11.9 Å². The molecule has 236 valence electrons. The van der Waals surface area contributed by atoms with Crippen molar-refractivity contribution in [1.29, 1.82) is 0 Å². The van der Waals surface area contributed by atoms with Crippen LogP contribution in [0, 0.1) is 18.7 Å². The molecule has 0 saturated carbocycles. The predicted octanol–water partition coefficient (Wildman–Crippen LogP) is 3.38. The number of carboxylic acids is 2. The number of aromatic nitrogens is 2. The van der Waals surface area contributed by atoms with Gasteiger partial charge in [-0.1, -0.05) is 0 Å². The van der Waals surface area contributed by atoms with Crippen LogP contribution in [-0.2, 0) is 30.3 Å². The van der Waals surface area contributed by atoms with E-state index >= 15 is 0 Å². The van der Waals surface area contributed by atoms with E-state index in [0.29, 0.717) is 30.9 Å². The van der Waals surface area contributed by atoms with Crippen molar-refractivity contribution in [2.45, 2.75) is 50.7 Å². The summed E-state index contributed by atoms with van der Waals surface area (Å²) < 4.78 is 82.4. The number of carbonyl (C=O) groups is 4. The van der Waals surface area contributed by atoms with E-state index in [1.165, 1.54) is 12.1 Å². The van der Waals surface area contributed by atoms with E-state index in [2.05, 4.69) is 15.3 Å². The van der Waals surface area contributed by atoms with Crippen LogP contribution in [0.4, 0.5) is 36.4 Å². The first-order chi connectivity index (χ1) is 19.9. The van der Waals surface area contributed by atoms with Gasteiger partial charge in [-0.2, -0.15) is 26.3 Å². The van der Waals surface area contributed by atoms with Gasteiger partial charge in [0.2, 0.25) is 5.91 Å². The minimum Gasteiger partial charge on any atom is -0.475 e. The lowest BCUT2D eigenvalue weighted by Crippen LogP contribution is -2.46. The Morgan fingerprint density at radius 3 is 2.14 bits per heavy atom. The van der Waals surface area contributed by atoms with Crippen LogP contribution >= 0.6 is 0 Å². The fraction of sp³-hybridized carbons (Fsp3) is 0.440. The van der Waals surface area contributed by atoms with Gasteiger partial charge >= 0.3 is 24.3 Å². The average molecular weight is 626 g/mol. The van der Waals surface area contributed by atoms with E-state index < -0.39 is 36.2 Å². The van der Waals surface area contributed by atoms with Crippen LogP contribution in [0.2, 0.25) is 0 Å². The molecule has 18 heteroatoms. The Morgan fingerprint density at radius 1 is 1.02 bits per heavy atom. The molecule has 2 aliphatic rings. The van der Waals surface area contributed by atoms with Crippen molar-refractivity contribution in [2.75, 3.05) is 18.4 Å². The van der Waals surface area contributed by atoms with E-state index in [-0.39, 0.29) is 30.3 Å². The minimum atomic E-state index is -5.08. The van der Waals surface area contributed by atoms with E-state index in [9.17, 15) is 40.3 Å². The number of hydrogen-bond acceptors (Lipinski definition) is 7. The quantitative estimate of drug-likeness (QED) is 0.433. The lowest BCUT2D eigenvalue weighted by Gasteiger charge is -2.34. The number of pyridine rings is 2. The second-order valence-electron chi connectivity index (χ2n) is 9.16. The molecule has 2 aliphatic heterocycles. The molecular weight excluding hydrogens is 601 g/mol. The van der Waals surface area contributed by atoms with Crippen LogP contribution < -0.4 is 5.32 Å². The monoisotopic (exact) mass is 626 g/mol. The van der Waals surface area contributed by atoms with Crippen molar-refractivity contribution < 1.29 is 64.9 Å². The number of alkyl halides is 6. The number of aryl methyl sites for hydroxylation is 1. The number of fused-ring (bicyclic) bond motifs is 1. The molecule has 2 aromatic rings. The van der Waals surface area contributed by atoms with Gasteiger partial charge in [-0.25, -0.2) is 14.0 Å². The molecule has 0 aliphatic carbocycles. The maximum absolute atomic E-state index is 13.0. The Hall–Kier alpha value is -4.35. The van der Waals surface area contributed by atoms with Crippen LogP contribution in [0.3, 0.4) is 0 Å². The SMILES string of the molecule is Cc1ncccc1NC(=O)C1C[C@@H]2CCN(C(=O)Cc3ccc(F)cn3)C[C@@H]2O1.O=C(O)C(F)(F)F.O=C(O)C(F)(F)F. The molecule has 0 radical (unpaired) electrons. The molecule has 2 saturated heterocycles. The van der Waals surface area contributed by atoms with Gasteiger partial charge in [0.25, 0.3) is 5.91 Å². The van der Waals surface area contributed by atoms with Crippen LogP contribution in [0.15, 0.2) is 36.7 Å². The number of nitrogens with one attached hydrogen (secondary N) is 1. The zero-order valence-corrected chi connectivity index (χ0v) is 22.2. The number of carboxylic acid groups (broad SMARTS) is 2. The Morgan fingerprint density at radius 2 is 1.63 bits per heavy atom. The third kappa shape index (κ3) is 11.1. The molecule has 4 heterocycles. The van der Waals surface area contributed by atoms with Crippen LogP contribution in [-0.4, -0.2) is 86.5 Å². The van der Waals surface area contributed by atoms with Gasteiger partial charge in [0, 0.05) is 25.0 Å². The molecule has 2 amide bonds. The van der Waals surface area contributed by atoms with Crippen molar-refractivity contribution in [2.24, 2.45) is 5.92 Å². The standard InChI is InChI=1S/C21H23FN4O3.2C2HF3O2/c1-13-17(3-2-7-23-13)25-21(28)18-9-14-6-8-26(12-19(14)29-18)20(27)10-16-5-4-15(22)11-24-16;2*3-2(4,5)1(6)7/h2-5,7,11,14,18-19H,6,8-10,12H2,1H3,(H,25,28);2*(H,6,7)/t14-,18?,19-;;/m0../s1. The number of rotatable bonds is 4. The molecule has 3 N–H and O–H groups in total. The summed E-state index contributed by atoms with van der Waals surface area (Å²) >= 11 is 0.